The molecule has 24 heavy (non-hydrogen) atoms. The molecule has 3 rings (SSSR count). The number of amides is 1. The Bertz CT molecular complexity index is 602. The maximum atomic E-state index is 13.0. The van der Waals surface area contributed by atoms with Gasteiger partial charge < -0.3 is 9.64 Å². The lowest BCUT2D eigenvalue weighted by atomic mass is 9.97. The number of ether oxygens (including phenoxy) is 1. The second-order valence-electron chi connectivity index (χ2n) is 6.80. The highest BCUT2D eigenvalue weighted by molar-refractivity contribution is 5.97. The van der Waals surface area contributed by atoms with Crippen LogP contribution in [0.25, 0.3) is 0 Å². The van der Waals surface area contributed by atoms with Gasteiger partial charge in [0.1, 0.15) is 0 Å². The molecular formula is C19H25N3O2. The van der Waals surface area contributed by atoms with Crippen LogP contribution in [0.15, 0.2) is 24.3 Å². The van der Waals surface area contributed by atoms with Crippen molar-refractivity contribution in [3.05, 3.63) is 29.8 Å². The zero-order chi connectivity index (χ0) is 16.9. The minimum Gasteiger partial charge on any atom is -0.381 e. The maximum absolute atomic E-state index is 13.0. The number of carbonyl (C=O) groups excluding carboxylic acids is 1. The van der Waals surface area contributed by atoms with E-state index >= 15 is 0 Å². The monoisotopic (exact) mass is 327 g/mol. The van der Waals surface area contributed by atoms with Crippen LogP contribution in [0.1, 0.15) is 31.2 Å². The smallest absolute Gasteiger partial charge is 0.244 e. The van der Waals surface area contributed by atoms with Crippen LogP contribution in [0, 0.1) is 17.2 Å². The first-order valence-electron chi connectivity index (χ1n) is 8.78. The molecule has 0 bridgehead atoms. The van der Waals surface area contributed by atoms with Gasteiger partial charge in [-0.05, 0) is 62.9 Å². The molecule has 2 aliphatic heterocycles. The number of hydrogen-bond donors (Lipinski definition) is 0. The summed E-state index contributed by atoms with van der Waals surface area (Å²) < 4.78 is 5.43. The van der Waals surface area contributed by atoms with Crippen LogP contribution >= 0.6 is 0 Å². The maximum Gasteiger partial charge on any atom is 0.244 e. The van der Waals surface area contributed by atoms with E-state index in [1.54, 1.807) is 12.1 Å². The molecule has 5 nitrogen and oxygen atoms in total. The summed E-state index contributed by atoms with van der Waals surface area (Å²) in [6, 6.07) is 9.37. The van der Waals surface area contributed by atoms with Crippen LogP contribution in [0.4, 0.5) is 5.69 Å². The van der Waals surface area contributed by atoms with Crippen LogP contribution in [0.2, 0.25) is 0 Å². The molecule has 0 unspecified atom stereocenters. The Balaban J connectivity index is 1.66. The molecule has 128 valence electrons. The van der Waals surface area contributed by atoms with Crippen LogP contribution in [0.5, 0.6) is 0 Å². The van der Waals surface area contributed by atoms with E-state index in [4.69, 9.17) is 10.00 Å². The van der Waals surface area contributed by atoms with Gasteiger partial charge in [-0.25, -0.2) is 0 Å². The van der Waals surface area contributed by atoms with Gasteiger partial charge in [0.05, 0.1) is 17.7 Å². The van der Waals surface area contributed by atoms with Gasteiger partial charge in [-0.2, -0.15) is 5.26 Å². The van der Waals surface area contributed by atoms with E-state index in [0.29, 0.717) is 11.5 Å². The summed E-state index contributed by atoms with van der Waals surface area (Å²) in [5.74, 6) is 0.808. The first-order valence-corrected chi connectivity index (χ1v) is 8.78. The van der Waals surface area contributed by atoms with Gasteiger partial charge in [-0.15, -0.1) is 0 Å². The average molecular weight is 327 g/mol. The third-order valence-corrected chi connectivity index (χ3v) is 5.14. The first-order chi connectivity index (χ1) is 11.7. The third kappa shape index (κ3) is 3.77. The molecule has 0 aromatic heterocycles. The van der Waals surface area contributed by atoms with E-state index < -0.39 is 0 Å². The number of hydrogen-bond acceptors (Lipinski definition) is 4. The van der Waals surface area contributed by atoms with Crippen LogP contribution < -0.4 is 4.90 Å². The van der Waals surface area contributed by atoms with Gasteiger partial charge in [0.2, 0.25) is 5.91 Å². The van der Waals surface area contributed by atoms with Gasteiger partial charge in [-0.3, -0.25) is 9.69 Å². The molecule has 0 N–H and O–H groups in total. The number of benzene rings is 1. The fraction of sp³-hybridized carbons (Fsp3) is 0.579. The Morgan fingerprint density at radius 1 is 1.25 bits per heavy atom. The number of carbonyl (C=O) groups is 1. The summed E-state index contributed by atoms with van der Waals surface area (Å²) in [6.07, 6.45) is 4.11. The minimum atomic E-state index is -0.0442. The molecule has 0 aliphatic carbocycles. The van der Waals surface area contributed by atoms with Gasteiger partial charge in [0, 0.05) is 32.0 Å². The van der Waals surface area contributed by atoms with Crippen molar-refractivity contribution < 1.29 is 9.53 Å². The molecule has 1 aromatic rings. The van der Waals surface area contributed by atoms with Crippen LogP contribution in [-0.4, -0.2) is 50.2 Å². The van der Waals surface area contributed by atoms with E-state index in [2.05, 4.69) is 18.0 Å². The molecule has 2 aliphatic rings. The molecule has 1 atom stereocenters. The lowest BCUT2D eigenvalue weighted by Crippen LogP contribution is -2.52. The second kappa shape index (κ2) is 7.78. The van der Waals surface area contributed by atoms with Crippen molar-refractivity contribution in [2.45, 2.75) is 31.7 Å². The van der Waals surface area contributed by atoms with Crippen molar-refractivity contribution in [3.63, 3.8) is 0 Å². The molecule has 0 saturated carbocycles. The summed E-state index contributed by atoms with van der Waals surface area (Å²) in [4.78, 5) is 17.1. The molecular weight excluding hydrogens is 302 g/mol. The molecule has 0 radical (unpaired) electrons. The standard InChI is InChI=1S/C19H25N3O2/c1-21(14-16-8-11-24-12-9-16)18-3-2-10-22(19(18)23)17-6-4-15(13-20)5-7-17/h4-7,16,18H,2-3,8-12,14H2,1H3/t18-/m1/s1. The lowest BCUT2D eigenvalue weighted by Gasteiger charge is -2.38. The average Bonchev–Trinajstić information content (AvgIpc) is 2.63. The Morgan fingerprint density at radius 3 is 2.62 bits per heavy atom. The largest absolute Gasteiger partial charge is 0.381 e. The molecule has 1 aromatic carbocycles. The molecule has 2 saturated heterocycles. The van der Waals surface area contributed by atoms with Crippen LogP contribution in [-0.2, 0) is 9.53 Å². The number of anilines is 1. The Labute approximate surface area is 143 Å². The van der Waals surface area contributed by atoms with E-state index in [1.807, 2.05) is 17.0 Å². The van der Waals surface area contributed by atoms with E-state index in [0.717, 1.165) is 57.7 Å². The number of rotatable bonds is 4. The van der Waals surface area contributed by atoms with Crippen molar-refractivity contribution in [2.24, 2.45) is 5.92 Å². The molecule has 5 heteroatoms. The topological polar surface area (TPSA) is 56.6 Å². The summed E-state index contributed by atoms with van der Waals surface area (Å²) in [7, 11) is 2.07. The normalized spacial score (nSPS) is 22.6. The van der Waals surface area contributed by atoms with Crippen molar-refractivity contribution in [1.29, 1.82) is 5.26 Å². The Kier molecular flexibility index (Phi) is 5.49. The van der Waals surface area contributed by atoms with Gasteiger partial charge in [-0.1, -0.05) is 0 Å². The number of nitrogens with zero attached hydrogens (tertiary/aromatic N) is 3. The summed E-state index contributed by atoms with van der Waals surface area (Å²) in [5.41, 5.74) is 1.51. The van der Waals surface area contributed by atoms with Gasteiger partial charge >= 0.3 is 0 Å². The van der Waals surface area contributed by atoms with Gasteiger partial charge in [0.25, 0.3) is 0 Å². The van der Waals surface area contributed by atoms with E-state index in [-0.39, 0.29) is 11.9 Å². The van der Waals surface area contributed by atoms with E-state index in [1.165, 1.54) is 0 Å². The molecule has 1 amide bonds. The number of nitriles is 1. The second-order valence-corrected chi connectivity index (χ2v) is 6.80. The third-order valence-electron chi connectivity index (χ3n) is 5.14. The zero-order valence-corrected chi connectivity index (χ0v) is 14.3. The van der Waals surface area contributed by atoms with E-state index in [9.17, 15) is 4.79 Å². The summed E-state index contributed by atoms with van der Waals surface area (Å²) in [5, 5.41) is 8.92. The van der Waals surface area contributed by atoms with Crippen LogP contribution in [0.3, 0.4) is 0 Å². The molecule has 0 spiro atoms. The van der Waals surface area contributed by atoms with Crippen molar-refractivity contribution >= 4 is 11.6 Å². The fourth-order valence-corrected chi connectivity index (χ4v) is 3.70. The predicted molar refractivity (Wildman–Crippen MR) is 92.7 cm³/mol. The molecule has 2 heterocycles. The van der Waals surface area contributed by atoms with Crippen molar-refractivity contribution in [2.75, 3.05) is 38.3 Å². The van der Waals surface area contributed by atoms with Gasteiger partial charge in [0.15, 0.2) is 0 Å². The SMILES string of the molecule is CN(CC1CCOCC1)[C@@H]1CCCN(c2ccc(C#N)cc2)C1=O. The highest BCUT2D eigenvalue weighted by Gasteiger charge is 2.33. The van der Waals surface area contributed by atoms with Crippen molar-refractivity contribution in [1.82, 2.24) is 4.90 Å². The minimum absolute atomic E-state index is 0.0442. The highest BCUT2D eigenvalue weighted by atomic mass is 16.5. The van der Waals surface area contributed by atoms with Crippen molar-refractivity contribution in [3.8, 4) is 6.07 Å². The zero-order valence-electron chi connectivity index (χ0n) is 14.3. The lowest BCUT2D eigenvalue weighted by molar-refractivity contribution is -0.125. The predicted octanol–water partition coefficient (Wildman–Crippen LogP) is 2.41. The fourth-order valence-electron chi connectivity index (χ4n) is 3.70. The quantitative estimate of drug-likeness (QED) is 0.852. The molecule has 2 fully saturated rings. The summed E-state index contributed by atoms with van der Waals surface area (Å²) >= 11 is 0. The highest BCUT2D eigenvalue weighted by Crippen LogP contribution is 2.25. The number of piperidine rings is 1. The Hall–Kier alpha value is -1.90. The number of likely N-dealkylation sites (N-methyl/N-ethyl adjacent to an activating group) is 1. The first kappa shape index (κ1) is 16.9. The Morgan fingerprint density at radius 2 is 1.96 bits per heavy atom. The summed E-state index contributed by atoms with van der Waals surface area (Å²) in [6.45, 7) is 3.40.